The molecule has 0 bridgehead atoms. The predicted molar refractivity (Wildman–Crippen MR) is 74.2 cm³/mol. The van der Waals surface area contributed by atoms with E-state index >= 15 is 0 Å². The SMILES string of the molecule is CC[C@@]1(C)C[C@](CC(=O)O)(c2ccc(F)cc2)CCO1. The van der Waals surface area contributed by atoms with E-state index in [1.54, 1.807) is 12.1 Å². The molecule has 2 atom stereocenters. The van der Waals surface area contributed by atoms with Gasteiger partial charge in [-0.1, -0.05) is 19.1 Å². The van der Waals surface area contributed by atoms with E-state index < -0.39 is 11.4 Å². The molecule has 1 N–H and O–H groups in total. The molecule has 2 rings (SSSR count). The number of carboxylic acid groups (broad SMARTS) is 1. The van der Waals surface area contributed by atoms with Crippen LogP contribution in [0.1, 0.15) is 45.1 Å². The molecule has 4 heteroatoms. The number of ether oxygens (including phenoxy) is 1. The van der Waals surface area contributed by atoms with Gasteiger partial charge in [-0.15, -0.1) is 0 Å². The highest BCUT2D eigenvalue weighted by atomic mass is 19.1. The zero-order valence-corrected chi connectivity index (χ0v) is 12.0. The summed E-state index contributed by atoms with van der Waals surface area (Å²) in [6, 6.07) is 6.22. The molecule has 3 nitrogen and oxygen atoms in total. The quantitative estimate of drug-likeness (QED) is 0.918. The van der Waals surface area contributed by atoms with Crippen molar-refractivity contribution in [1.29, 1.82) is 0 Å². The Morgan fingerprint density at radius 3 is 2.60 bits per heavy atom. The van der Waals surface area contributed by atoms with Crippen LogP contribution in [0.2, 0.25) is 0 Å². The first-order valence-corrected chi connectivity index (χ1v) is 7.01. The Labute approximate surface area is 118 Å². The smallest absolute Gasteiger partial charge is 0.304 e. The van der Waals surface area contributed by atoms with Gasteiger partial charge in [0, 0.05) is 12.0 Å². The molecule has 0 aromatic heterocycles. The minimum Gasteiger partial charge on any atom is -0.481 e. The van der Waals surface area contributed by atoms with E-state index in [-0.39, 0.29) is 17.8 Å². The molecule has 1 aliphatic heterocycles. The van der Waals surface area contributed by atoms with Gasteiger partial charge in [0.05, 0.1) is 12.0 Å². The summed E-state index contributed by atoms with van der Waals surface area (Å²) in [5.74, 6) is -1.13. The molecule has 1 aromatic carbocycles. The van der Waals surface area contributed by atoms with Crippen molar-refractivity contribution >= 4 is 5.97 Å². The van der Waals surface area contributed by atoms with Gasteiger partial charge in [-0.3, -0.25) is 4.79 Å². The number of halogens is 1. The van der Waals surface area contributed by atoms with Gasteiger partial charge in [0.1, 0.15) is 5.82 Å². The highest BCUT2D eigenvalue weighted by molar-refractivity contribution is 5.69. The first-order valence-electron chi connectivity index (χ1n) is 7.01. The molecule has 0 unspecified atom stereocenters. The maximum atomic E-state index is 13.1. The highest BCUT2D eigenvalue weighted by Crippen LogP contribution is 2.45. The van der Waals surface area contributed by atoms with Crippen LogP contribution in [0.15, 0.2) is 24.3 Å². The van der Waals surface area contributed by atoms with Gasteiger partial charge >= 0.3 is 5.97 Å². The molecule has 1 aromatic rings. The van der Waals surface area contributed by atoms with Gasteiger partial charge in [-0.2, -0.15) is 0 Å². The van der Waals surface area contributed by atoms with E-state index in [0.29, 0.717) is 19.4 Å². The summed E-state index contributed by atoms with van der Waals surface area (Å²) in [5.41, 5.74) is 0.106. The summed E-state index contributed by atoms with van der Waals surface area (Å²) in [6.07, 6.45) is 2.18. The van der Waals surface area contributed by atoms with E-state index in [4.69, 9.17) is 4.74 Å². The van der Waals surface area contributed by atoms with Crippen molar-refractivity contribution in [2.45, 2.75) is 50.5 Å². The molecule has 1 heterocycles. The largest absolute Gasteiger partial charge is 0.481 e. The first-order chi connectivity index (χ1) is 9.39. The Morgan fingerprint density at radius 2 is 2.05 bits per heavy atom. The standard InChI is InChI=1S/C16H21FO3/c1-3-15(2)11-16(8-9-20-15,10-14(18)19)12-4-6-13(17)7-5-12/h4-7H,3,8-11H2,1-2H3,(H,18,19)/t15-,16-/m0/s1. The summed E-state index contributed by atoms with van der Waals surface area (Å²) in [6.45, 7) is 4.60. The summed E-state index contributed by atoms with van der Waals surface area (Å²) in [5, 5.41) is 9.27. The molecule has 1 saturated heterocycles. The minimum absolute atomic E-state index is 0.0532. The van der Waals surface area contributed by atoms with Crippen molar-refractivity contribution in [3.05, 3.63) is 35.6 Å². The maximum Gasteiger partial charge on any atom is 0.304 e. The fourth-order valence-corrected chi connectivity index (χ4v) is 3.17. The van der Waals surface area contributed by atoms with Gasteiger partial charge in [-0.05, 0) is 43.9 Å². The Balaban J connectivity index is 2.39. The molecule has 0 amide bonds. The lowest BCUT2D eigenvalue weighted by Crippen LogP contribution is -2.46. The van der Waals surface area contributed by atoms with Crippen molar-refractivity contribution in [1.82, 2.24) is 0 Å². The Morgan fingerprint density at radius 1 is 1.40 bits per heavy atom. The van der Waals surface area contributed by atoms with Crippen LogP contribution in [0.3, 0.4) is 0 Å². The number of carboxylic acids is 1. The first kappa shape index (κ1) is 15.0. The summed E-state index contributed by atoms with van der Waals surface area (Å²) >= 11 is 0. The number of hydrogen-bond donors (Lipinski definition) is 1. The fraction of sp³-hybridized carbons (Fsp3) is 0.562. The van der Waals surface area contributed by atoms with E-state index in [1.807, 2.05) is 13.8 Å². The van der Waals surface area contributed by atoms with Crippen LogP contribution in [0, 0.1) is 5.82 Å². The van der Waals surface area contributed by atoms with Crippen LogP contribution in [-0.2, 0) is 14.9 Å². The van der Waals surface area contributed by atoms with Crippen LogP contribution in [0.5, 0.6) is 0 Å². The second-order valence-electron chi connectivity index (χ2n) is 5.94. The van der Waals surface area contributed by atoms with Crippen LogP contribution >= 0.6 is 0 Å². The molecule has 0 aliphatic carbocycles. The van der Waals surface area contributed by atoms with Crippen molar-refractivity contribution in [2.24, 2.45) is 0 Å². The van der Waals surface area contributed by atoms with Crippen LogP contribution in [-0.4, -0.2) is 23.3 Å². The third-order valence-corrected chi connectivity index (χ3v) is 4.44. The molecule has 110 valence electrons. The molecule has 0 radical (unpaired) electrons. The molecule has 1 fully saturated rings. The number of benzene rings is 1. The topological polar surface area (TPSA) is 46.5 Å². The van der Waals surface area contributed by atoms with Gasteiger partial charge in [-0.25, -0.2) is 4.39 Å². The molecule has 0 spiro atoms. The lowest BCUT2D eigenvalue weighted by molar-refractivity contribution is -0.143. The third kappa shape index (κ3) is 3.01. The minimum atomic E-state index is -0.824. The van der Waals surface area contributed by atoms with Gasteiger partial charge in [0.2, 0.25) is 0 Å². The maximum absolute atomic E-state index is 13.1. The highest BCUT2D eigenvalue weighted by Gasteiger charge is 2.44. The zero-order chi connectivity index (χ0) is 14.8. The summed E-state index contributed by atoms with van der Waals surface area (Å²) in [4.78, 5) is 11.3. The van der Waals surface area contributed by atoms with Crippen LogP contribution < -0.4 is 0 Å². The second-order valence-corrected chi connectivity index (χ2v) is 5.94. The van der Waals surface area contributed by atoms with Gasteiger partial charge in [0.15, 0.2) is 0 Å². The monoisotopic (exact) mass is 280 g/mol. The average Bonchev–Trinajstić information content (AvgIpc) is 2.38. The predicted octanol–water partition coefficient (Wildman–Crippen LogP) is 3.52. The number of rotatable bonds is 4. The second kappa shape index (κ2) is 5.52. The Hall–Kier alpha value is -1.42. The van der Waals surface area contributed by atoms with Crippen molar-refractivity contribution < 1.29 is 19.0 Å². The molecule has 0 saturated carbocycles. The van der Waals surface area contributed by atoms with Gasteiger partial charge in [0.25, 0.3) is 0 Å². The van der Waals surface area contributed by atoms with Crippen molar-refractivity contribution in [3.8, 4) is 0 Å². The lowest BCUT2D eigenvalue weighted by Gasteiger charge is -2.46. The van der Waals surface area contributed by atoms with Crippen molar-refractivity contribution in [2.75, 3.05) is 6.61 Å². The van der Waals surface area contributed by atoms with Gasteiger partial charge < -0.3 is 9.84 Å². The Bertz CT molecular complexity index is 485. The lowest BCUT2D eigenvalue weighted by atomic mass is 9.66. The summed E-state index contributed by atoms with van der Waals surface area (Å²) < 4.78 is 18.9. The normalized spacial score (nSPS) is 30.1. The van der Waals surface area contributed by atoms with Crippen LogP contribution in [0.4, 0.5) is 4.39 Å². The van der Waals surface area contributed by atoms with E-state index in [2.05, 4.69) is 0 Å². The fourth-order valence-electron chi connectivity index (χ4n) is 3.17. The number of hydrogen-bond acceptors (Lipinski definition) is 2. The number of aliphatic carboxylic acids is 1. The van der Waals surface area contributed by atoms with E-state index in [0.717, 1.165) is 12.0 Å². The molecule has 1 aliphatic rings. The third-order valence-electron chi connectivity index (χ3n) is 4.44. The van der Waals surface area contributed by atoms with Crippen molar-refractivity contribution in [3.63, 3.8) is 0 Å². The zero-order valence-electron chi connectivity index (χ0n) is 12.0. The summed E-state index contributed by atoms with van der Waals surface area (Å²) in [7, 11) is 0. The molecular formula is C16H21FO3. The average molecular weight is 280 g/mol. The molecular weight excluding hydrogens is 259 g/mol. The van der Waals surface area contributed by atoms with E-state index in [9.17, 15) is 14.3 Å². The molecule has 20 heavy (non-hydrogen) atoms. The van der Waals surface area contributed by atoms with Crippen LogP contribution in [0.25, 0.3) is 0 Å². The van der Waals surface area contributed by atoms with E-state index in [1.165, 1.54) is 12.1 Å². The number of carbonyl (C=O) groups is 1. The Kier molecular flexibility index (Phi) is 4.14.